The molecule has 0 amide bonds. The van der Waals surface area contributed by atoms with Crippen molar-refractivity contribution in [2.45, 2.75) is 0 Å². The van der Waals surface area contributed by atoms with E-state index in [-0.39, 0.29) is 0 Å². The molecule has 0 spiro atoms. The Bertz CT molecular complexity index is 145. The van der Waals surface area contributed by atoms with Gasteiger partial charge >= 0.3 is 0 Å². The summed E-state index contributed by atoms with van der Waals surface area (Å²) in [6.45, 7) is 0. The number of nitrogens with zero attached hydrogens (tertiary/aromatic N) is 1. The molecule has 0 aliphatic carbocycles. The highest BCUT2D eigenvalue weighted by molar-refractivity contribution is 9.10. The number of rotatable bonds is 0. The minimum Gasteiger partial charge on any atom is -0.285 e. The number of nitrogens with one attached hydrogen (secondary N) is 1. The quantitative estimate of drug-likeness (QED) is 0.587. The molecule has 0 radical (unpaired) electrons. The highest BCUT2D eigenvalue weighted by atomic mass is 79.9. The fourth-order valence-electron chi connectivity index (χ4n) is 0.210. The minimum absolute atomic E-state index is 0.836. The van der Waals surface area contributed by atoms with E-state index < -0.39 is 0 Å². The van der Waals surface area contributed by atoms with Gasteiger partial charge in [0.1, 0.15) is 0 Å². The molecule has 0 atom stereocenters. The van der Waals surface area contributed by atoms with Crippen LogP contribution in [0.25, 0.3) is 0 Å². The van der Waals surface area contributed by atoms with Crippen LogP contribution in [-0.4, -0.2) is 10.2 Å². The van der Waals surface area contributed by atoms with Gasteiger partial charge in [0, 0.05) is 6.20 Å². The maximum atomic E-state index is 6.79. The van der Waals surface area contributed by atoms with Crippen molar-refractivity contribution in [3.63, 3.8) is 0 Å². The van der Waals surface area contributed by atoms with E-state index in [1.807, 2.05) is 0 Å². The van der Waals surface area contributed by atoms with E-state index in [4.69, 9.17) is 1.41 Å². The molecule has 6 heavy (non-hydrogen) atoms. The van der Waals surface area contributed by atoms with Gasteiger partial charge < -0.3 is 0 Å². The van der Waals surface area contributed by atoms with E-state index in [0.717, 1.165) is 9.56 Å². The minimum atomic E-state index is 0.836. The molecule has 1 N–H and O–H groups in total. The lowest BCUT2D eigenvalue weighted by molar-refractivity contribution is 1.09. The van der Waals surface area contributed by atoms with Crippen LogP contribution in [0.15, 0.2) is 16.9 Å². The summed E-state index contributed by atoms with van der Waals surface area (Å²) >= 11 is 3.13. The zero-order chi connectivity index (χ0) is 5.28. The van der Waals surface area contributed by atoms with Gasteiger partial charge in [-0.15, -0.1) is 0 Å². The van der Waals surface area contributed by atoms with Gasteiger partial charge in [0.25, 0.3) is 0 Å². The summed E-state index contributed by atoms with van der Waals surface area (Å²) in [7, 11) is 0. The number of aromatic nitrogens is 2. The van der Waals surface area contributed by atoms with Crippen molar-refractivity contribution in [2.75, 3.05) is 0 Å². The third kappa shape index (κ3) is 0.597. The molecule has 0 aliphatic rings. The van der Waals surface area contributed by atoms with Crippen molar-refractivity contribution < 1.29 is 1.41 Å². The van der Waals surface area contributed by atoms with Crippen molar-refractivity contribution >= 4 is 15.9 Å². The third-order valence-electron chi connectivity index (χ3n) is 0.429. The van der Waals surface area contributed by atoms with Gasteiger partial charge in [0.05, 0.1) is 10.7 Å². The fraction of sp³-hybridized carbons (Fsp3) is 0. The van der Waals surface area contributed by atoms with Crippen LogP contribution in [0.5, 0.6) is 0 Å². The lowest BCUT2D eigenvalue weighted by Crippen LogP contribution is -1.53. The molecule has 0 saturated carbocycles. The lowest BCUT2D eigenvalue weighted by atomic mass is 10.8. The Morgan fingerprint density at radius 2 is 3.00 bits per heavy atom. The average molecular weight is 148 g/mol. The second-order valence-electron chi connectivity index (χ2n) is 0.874. The largest absolute Gasteiger partial charge is 0.285 e. The molecule has 2 nitrogen and oxygen atoms in total. The van der Waals surface area contributed by atoms with Crippen LogP contribution in [0.4, 0.5) is 0 Å². The molecule has 1 rings (SSSR count). The SMILES string of the molecule is [2H]n1cc(Br)cn1. The topological polar surface area (TPSA) is 28.7 Å². The number of hydrogen-bond donors (Lipinski definition) is 1. The Morgan fingerprint density at radius 3 is 3.17 bits per heavy atom. The van der Waals surface area contributed by atoms with Crippen LogP contribution < -0.4 is 0 Å². The highest BCUT2D eigenvalue weighted by Crippen LogP contribution is 2.01. The molecule has 0 aliphatic heterocycles. The predicted octanol–water partition coefficient (Wildman–Crippen LogP) is 1.17. The Morgan fingerprint density at radius 1 is 2.17 bits per heavy atom. The zero-order valence-electron chi connectivity index (χ0n) is 3.93. The van der Waals surface area contributed by atoms with Gasteiger partial charge in [-0.05, 0) is 15.9 Å². The summed E-state index contributed by atoms with van der Waals surface area (Å²) in [6.07, 6.45) is 3.12. The second kappa shape index (κ2) is 1.43. The van der Waals surface area contributed by atoms with Gasteiger partial charge in [0.2, 0.25) is 0 Å². The highest BCUT2D eigenvalue weighted by Gasteiger charge is 1.77. The first kappa shape index (κ1) is 2.80. The van der Waals surface area contributed by atoms with Crippen molar-refractivity contribution in [3.05, 3.63) is 16.9 Å². The van der Waals surface area contributed by atoms with Crippen LogP contribution in [0.3, 0.4) is 0 Å². The molecule has 0 saturated heterocycles. The molecular formula is C3H3BrN2. The normalized spacial score (nSPS) is 11.2. The van der Waals surface area contributed by atoms with Gasteiger partial charge in [-0.25, -0.2) is 0 Å². The summed E-state index contributed by atoms with van der Waals surface area (Å²) in [6, 6.07) is 0. The second-order valence-corrected chi connectivity index (χ2v) is 1.79. The number of halogens is 1. The lowest BCUT2D eigenvalue weighted by Gasteiger charge is -1.59. The third-order valence-corrected chi connectivity index (χ3v) is 0.838. The number of aromatic amines is 1. The summed E-state index contributed by atoms with van der Waals surface area (Å²) in [5, 5.41) is 4.54. The monoisotopic (exact) mass is 147 g/mol. The Kier molecular flexibility index (Phi) is 0.665. The Hall–Kier alpha value is -0.310. The summed E-state index contributed by atoms with van der Waals surface area (Å²) in [5.41, 5.74) is 0. The molecule has 32 valence electrons. The van der Waals surface area contributed by atoms with E-state index in [1.165, 1.54) is 0 Å². The van der Waals surface area contributed by atoms with E-state index >= 15 is 0 Å². The first-order chi connectivity index (χ1) is 3.29. The molecule has 0 bridgehead atoms. The predicted molar refractivity (Wildman–Crippen MR) is 26.3 cm³/mol. The summed E-state index contributed by atoms with van der Waals surface area (Å²) < 4.78 is 7.63. The molecule has 0 unspecified atom stereocenters. The molecule has 1 aromatic heterocycles. The Labute approximate surface area is 45.2 Å². The van der Waals surface area contributed by atoms with Gasteiger partial charge in [0.15, 0.2) is 1.41 Å². The smallest absolute Gasteiger partial charge is 0.189 e. The first-order valence-corrected chi connectivity index (χ1v) is 2.28. The summed E-state index contributed by atoms with van der Waals surface area (Å²) in [5.74, 6) is 0. The fourth-order valence-corrected chi connectivity index (χ4v) is 0.393. The molecule has 0 aromatic carbocycles. The van der Waals surface area contributed by atoms with Crippen molar-refractivity contribution in [1.82, 2.24) is 10.2 Å². The van der Waals surface area contributed by atoms with Crippen molar-refractivity contribution in [1.29, 1.82) is 0 Å². The van der Waals surface area contributed by atoms with Crippen LogP contribution >= 0.6 is 15.9 Å². The van der Waals surface area contributed by atoms with E-state index in [2.05, 4.69) is 21.0 Å². The van der Waals surface area contributed by atoms with Crippen LogP contribution in [0.1, 0.15) is 0 Å². The molecule has 0 fully saturated rings. The molecule has 1 aromatic rings. The van der Waals surface area contributed by atoms with E-state index in [0.29, 0.717) is 0 Å². The van der Waals surface area contributed by atoms with Gasteiger partial charge in [-0.3, -0.25) is 5.09 Å². The average Bonchev–Trinajstić information content (AvgIpc) is 1.87. The zero-order valence-corrected chi connectivity index (χ0v) is 4.51. The Balaban J connectivity index is 3.04. The van der Waals surface area contributed by atoms with Gasteiger partial charge in [-0.2, -0.15) is 5.10 Å². The number of H-pyrrole nitrogens is 1. The van der Waals surface area contributed by atoms with E-state index in [9.17, 15) is 0 Å². The maximum absolute atomic E-state index is 6.79. The van der Waals surface area contributed by atoms with Crippen molar-refractivity contribution in [3.8, 4) is 0 Å². The molecule has 1 heterocycles. The molecule has 3 heteroatoms. The van der Waals surface area contributed by atoms with Crippen LogP contribution in [0.2, 0.25) is 1.41 Å². The standard InChI is InChI=1S/C3H3BrN2/c4-3-1-5-6-2-3/h1-2H,(H,5,6)/i/hD. The van der Waals surface area contributed by atoms with Gasteiger partial charge in [-0.1, -0.05) is 0 Å². The molecular weight excluding hydrogens is 144 g/mol. The van der Waals surface area contributed by atoms with Crippen LogP contribution in [0, 0.1) is 0 Å². The summed E-state index contributed by atoms with van der Waals surface area (Å²) in [4.78, 5) is 0. The number of hydrogen-bond acceptors (Lipinski definition) is 1. The van der Waals surface area contributed by atoms with E-state index in [1.54, 1.807) is 12.4 Å². The maximum Gasteiger partial charge on any atom is 0.189 e. The van der Waals surface area contributed by atoms with Crippen LogP contribution in [-0.2, 0) is 0 Å². The van der Waals surface area contributed by atoms with Crippen molar-refractivity contribution in [2.24, 2.45) is 0 Å². The first-order valence-electron chi connectivity index (χ1n) is 1.93.